The predicted octanol–water partition coefficient (Wildman–Crippen LogP) is 3.00. The van der Waals surface area contributed by atoms with Gasteiger partial charge in [-0.2, -0.15) is 0 Å². The van der Waals surface area contributed by atoms with Gasteiger partial charge in [-0.15, -0.1) is 0 Å². The molecule has 1 heterocycles. The molecule has 2 aromatic rings. The molecule has 2 rings (SSSR count). The van der Waals surface area contributed by atoms with Crippen LogP contribution in [0.1, 0.15) is 24.2 Å². The number of benzene rings is 1. The fourth-order valence-corrected chi connectivity index (χ4v) is 2.24. The lowest BCUT2D eigenvalue weighted by atomic mass is 10.1. The van der Waals surface area contributed by atoms with Gasteiger partial charge in [0.05, 0.1) is 6.54 Å². The van der Waals surface area contributed by atoms with Gasteiger partial charge in [0.25, 0.3) is 0 Å². The van der Waals surface area contributed by atoms with Crippen LogP contribution in [-0.2, 0) is 11.3 Å². The lowest BCUT2D eigenvalue weighted by molar-refractivity contribution is -0.138. The summed E-state index contributed by atoms with van der Waals surface area (Å²) in [6.45, 7) is 1.21. The molecule has 0 aliphatic rings. The molecule has 138 valence electrons. The highest BCUT2D eigenvalue weighted by Crippen LogP contribution is 2.11. The van der Waals surface area contributed by atoms with Crippen LogP contribution in [0.25, 0.3) is 0 Å². The van der Waals surface area contributed by atoms with Gasteiger partial charge in [-0.3, -0.25) is 14.1 Å². The Labute approximate surface area is 153 Å². The van der Waals surface area contributed by atoms with Crippen LogP contribution in [0.3, 0.4) is 0 Å². The lowest BCUT2D eigenvalue weighted by Gasteiger charge is -2.06. The van der Waals surface area contributed by atoms with Crippen molar-refractivity contribution in [3.63, 3.8) is 0 Å². The molecule has 0 saturated heterocycles. The number of allylic oxidation sites excluding steroid dienone is 2. The summed E-state index contributed by atoms with van der Waals surface area (Å²) in [6.07, 6.45) is 2.94. The van der Waals surface area contributed by atoms with Gasteiger partial charge in [0.15, 0.2) is 5.82 Å². The number of aryl methyl sites for hydroxylation is 1. The van der Waals surface area contributed by atoms with E-state index in [0.717, 1.165) is 4.57 Å². The van der Waals surface area contributed by atoms with Crippen LogP contribution in [0.15, 0.2) is 50.5 Å². The molecule has 0 aliphatic heterocycles. The molecule has 0 spiro atoms. The van der Waals surface area contributed by atoms with Gasteiger partial charge >= 0.3 is 11.7 Å². The van der Waals surface area contributed by atoms with E-state index < -0.39 is 23.6 Å². The Kier molecular flexibility index (Phi) is 6.85. The SMILES string of the molecule is Cc1noc(=O)n1CC(F)=CCCC(N=Cc1ccc(Cl)cc1)C(=O)O. The highest BCUT2D eigenvalue weighted by atomic mass is 35.5. The minimum absolute atomic E-state index is 0.115. The van der Waals surface area contributed by atoms with Crippen LogP contribution in [-0.4, -0.2) is 33.1 Å². The van der Waals surface area contributed by atoms with Crippen LogP contribution in [0.4, 0.5) is 4.39 Å². The second kappa shape index (κ2) is 9.10. The highest BCUT2D eigenvalue weighted by Gasteiger charge is 2.15. The molecule has 0 radical (unpaired) electrons. The Hall–Kier alpha value is -2.74. The second-order valence-electron chi connectivity index (χ2n) is 5.49. The summed E-state index contributed by atoms with van der Waals surface area (Å²) < 4.78 is 19.4. The van der Waals surface area contributed by atoms with E-state index in [2.05, 4.69) is 14.7 Å². The van der Waals surface area contributed by atoms with Gasteiger partial charge in [0.2, 0.25) is 0 Å². The van der Waals surface area contributed by atoms with Crippen molar-refractivity contribution in [3.8, 4) is 0 Å². The van der Waals surface area contributed by atoms with Crippen molar-refractivity contribution in [1.82, 2.24) is 9.72 Å². The van der Waals surface area contributed by atoms with Gasteiger partial charge in [0.1, 0.15) is 11.9 Å². The van der Waals surface area contributed by atoms with E-state index in [4.69, 9.17) is 11.6 Å². The number of aliphatic carboxylic acids is 1. The molecule has 0 saturated carbocycles. The van der Waals surface area contributed by atoms with Crippen molar-refractivity contribution >= 4 is 23.8 Å². The number of carboxylic acids is 1. The van der Waals surface area contributed by atoms with E-state index in [1.165, 1.54) is 19.2 Å². The first-order valence-corrected chi connectivity index (χ1v) is 8.14. The maximum atomic E-state index is 13.9. The van der Waals surface area contributed by atoms with E-state index >= 15 is 0 Å². The maximum Gasteiger partial charge on any atom is 0.441 e. The number of nitrogens with zero attached hydrogens (tertiary/aromatic N) is 3. The third kappa shape index (κ3) is 5.66. The van der Waals surface area contributed by atoms with Gasteiger partial charge in [-0.05, 0) is 37.5 Å². The average Bonchev–Trinajstić information content (AvgIpc) is 2.91. The molecule has 0 fully saturated rings. The first-order valence-electron chi connectivity index (χ1n) is 7.76. The van der Waals surface area contributed by atoms with Crippen molar-refractivity contribution < 1.29 is 18.8 Å². The van der Waals surface area contributed by atoms with Crippen LogP contribution < -0.4 is 5.76 Å². The van der Waals surface area contributed by atoms with E-state index in [9.17, 15) is 19.1 Å². The molecule has 1 aromatic heterocycles. The van der Waals surface area contributed by atoms with Gasteiger partial charge in [0, 0.05) is 11.2 Å². The number of aromatic nitrogens is 2. The number of hydrogen-bond acceptors (Lipinski definition) is 5. The molecule has 1 atom stereocenters. The van der Waals surface area contributed by atoms with Crippen molar-refractivity contribution in [2.24, 2.45) is 4.99 Å². The van der Waals surface area contributed by atoms with Crippen LogP contribution in [0.2, 0.25) is 5.02 Å². The Balaban J connectivity index is 1.94. The molecule has 0 bridgehead atoms. The summed E-state index contributed by atoms with van der Waals surface area (Å²) in [5.41, 5.74) is 0.713. The quantitative estimate of drug-likeness (QED) is 0.709. The molecule has 1 aromatic carbocycles. The molecule has 9 heteroatoms. The Morgan fingerprint density at radius 2 is 2.15 bits per heavy atom. The third-order valence-corrected chi connectivity index (χ3v) is 3.79. The normalized spacial score (nSPS) is 13.3. The first kappa shape index (κ1) is 19.6. The van der Waals surface area contributed by atoms with Crippen molar-refractivity contribution in [1.29, 1.82) is 0 Å². The summed E-state index contributed by atoms with van der Waals surface area (Å²) >= 11 is 5.78. The number of halogens is 2. The lowest BCUT2D eigenvalue weighted by Crippen LogP contribution is -2.18. The molecule has 0 aliphatic carbocycles. The summed E-state index contributed by atoms with van der Waals surface area (Å²) in [4.78, 5) is 26.6. The molecule has 0 amide bonds. The van der Waals surface area contributed by atoms with E-state index in [1.807, 2.05) is 0 Å². The third-order valence-electron chi connectivity index (χ3n) is 3.54. The van der Waals surface area contributed by atoms with E-state index in [1.54, 1.807) is 24.3 Å². The molecular formula is C17H17ClFN3O4. The van der Waals surface area contributed by atoms with Crippen molar-refractivity contribution in [2.45, 2.75) is 32.4 Å². The van der Waals surface area contributed by atoms with Crippen LogP contribution >= 0.6 is 11.6 Å². The molecular weight excluding hydrogens is 365 g/mol. The summed E-state index contributed by atoms with van der Waals surface area (Å²) in [5.74, 6) is -2.17. The number of aliphatic imine (C=N–C) groups is 1. The van der Waals surface area contributed by atoms with Crippen LogP contribution in [0.5, 0.6) is 0 Å². The summed E-state index contributed by atoms with van der Waals surface area (Å²) in [7, 11) is 0. The zero-order valence-corrected chi connectivity index (χ0v) is 14.7. The number of hydrogen-bond donors (Lipinski definition) is 1. The summed E-state index contributed by atoms with van der Waals surface area (Å²) in [6, 6.07) is 5.76. The second-order valence-corrected chi connectivity index (χ2v) is 5.93. The van der Waals surface area contributed by atoms with Gasteiger partial charge in [-0.1, -0.05) is 35.0 Å². The van der Waals surface area contributed by atoms with Gasteiger partial charge < -0.3 is 5.11 Å². The zero-order valence-electron chi connectivity index (χ0n) is 13.9. The highest BCUT2D eigenvalue weighted by molar-refractivity contribution is 6.30. The topological polar surface area (TPSA) is 97.7 Å². The number of carboxylic acid groups (broad SMARTS) is 1. The fourth-order valence-electron chi connectivity index (χ4n) is 2.11. The molecule has 1 unspecified atom stereocenters. The average molecular weight is 382 g/mol. The Morgan fingerprint density at radius 3 is 2.73 bits per heavy atom. The van der Waals surface area contributed by atoms with Crippen molar-refractivity contribution in [2.75, 3.05) is 0 Å². The monoisotopic (exact) mass is 381 g/mol. The molecule has 26 heavy (non-hydrogen) atoms. The minimum Gasteiger partial charge on any atom is -0.480 e. The zero-order chi connectivity index (χ0) is 19.1. The number of rotatable bonds is 8. The Bertz CT molecular complexity index is 871. The summed E-state index contributed by atoms with van der Waals surface area (Å²) in [5, 5.41) is 13.2. The first-order chi connectivity index (χ1) is 12.4. The molecule has 7 nitrogen and oxygen atoms in total. The van der Waals surface area contributed by atoms with Crippen LogP contribution in [0, 0.1) is 6.92 Å². The van der Waals surface area contributed by atoms with E-state index in [-0.39, 0.29) is 25.2 Å². The van der Waals surface area contributed by atoms with Gasteiger partial charge in [-0.25, -0.2) is 14.0 Å². The molecule has 1 N–H and O–H groups in total. The maximum absolute atomic E-state index is 13.9. The van der Waals surface area contributed by atoms with Crippen molar-refractivity contribution in [3.05, 3.63) is 63.1 Å². The standard InChI is InChI=1S/C17H17ClFN3O4/c1-11-21-26-17(25)22(11)10-14(19)3-2-4-15(16(23)24)20-9-12-5-7-13(18)8-6-12/h3,5-9,15H,2,4,10H2,1H3,(H,23,24). The Morgan fingerprint density at radius 1 is 1.46 bits per heavy atom. The largest absolute Gasteiger partial charge is 0.480 e. The number of carbonyl (C=O) groups is 1. The van der Waals surface area contributed by atoms with E-state index in [0.29, 0.717) is 10.6 Å². The predicted molar refractivity (Wildman–Crippen MR) is 94.4 cm³/mol. The smallest absolute Gasteiger partial charge is 0.441 e. The fraction of sp³-hybridized carbons (Fsp3) is 0.294. The minimum atomic E-state index is -1.10.